The van der Waals surface area contributed by atoms with Crippen molar-refractivity contribution in [2.24, 2.45) is 0 Å². The Bertz CT molecular complexity index is 66.1. The van der Waals surface area contributed by atoms with Crippen molar-refractivity contribution in [3.63, 3.8) is 0 Å². The van der Waals surface area contributed by atoms with Gasteiger partial charge in [-0.2, -0.15) is 0 Å². The maximum absolute atomic E-state index is 8.72. The molecular weight excluding hydrogens is 132 g/mol. The van der Waals surface area contributed by atoms with Crippen molar-refractivity contribution in [3.8, 4) is 0 Å². The SMILES string of the molecule is CC(O)NCCNC(C)O. The van der Waals surface area contributed by atoms with Gasteiger partial charge in [-0.1, -0.05) is 0 Å². The van der Waals surface area contributed by atoms with Crippen LogP contribution in [0.25, 0.3) is 0 Å². The lowest BCUT2D eigenvalue weighted by Gasteiger charge is -2.09. The van der Waals surface area contributed by atoms with Crippen molar-refractivity contribution in [1.29, 1.82) is 0 Å². The van der Waals surface area contributed by atoms with Gasteiger partial charge < -0.3 is 10.2 Å². The molecule has 62 valence electrons. The fraction of sp³-hybridized carbons (Fsp3) is 1.00. The first-order valence-corrected chi connectivity index (χ1v) is 3.46. The predicted molar refractivity (Wildman–Crippen MR) is 39.4 cm³/mol. The third-order valence-corrected chi connectivity index (χ3v) is 1.00. The second-order valence-electron chi connectivity index (χ2n) is 2.26. The molecular formula is C6H16N2O2. The van der Waals surface area contributed by atoms with E-state index in [4.69, 9.17) is 10.2 Å². The molecule has 0 aliphatic rings. The molecule has 0 amide bonds. The minimum absolute atomic E-state index is 0.476. The first-order chi connectivity index (χ1) is 4.63. The molecule has 0 saturated carbocycles. The molecule has 4 N–H and O–H groups in total. The third-order valence-electron chi connectivity index (χ3n) is 1.00. The first kappa shape index (κ1) is 9.84. The van der Waals surface area contributed by atoms with E-state index >= 15 is 0 Å². The molecule has 0 aliphatic heterocycles. The number of aliphatic hydroxyl groups is 2. The normalized spacial score (nSPS) is 16.8. The van der Waals surface area contributed by atoms with Gasteiger partial charge in [-0.25, -0.2) is 0 Å². The van der Waals surface area contributed by atoms with Crippen LogP contribution < -0.4 is 10.6 Å². The van der Waals surface area contributed by atoms with E-state index in [9.17, 15) is 0 Å². The molecule has 10 heavy (non-hydrogen) atoms. The van der Waals surface area contributed by atoms with Crippen LogP contribution in [0.1, 0.15) is 13.8 Å². The topological polar surface area (TPSA) is 64.5 Å². The highest BCUT2D eigenvalue weighted by atomic mass is 16.3. The van der Waals surface area contributed by atoms with Crippen molar-refractivity contribution >= 4 is 0 Å². The van der Waals surface area contributed by atoms with Crippen molar-refractivity contribution in [1.82, 2.24) is 10.6 Å². The first-order valence-electron chi connectivity index (χ1n) is 3.46. The van der Waals surface area contributed by atoms with Gasteiger partial charge in [0, 0.05) is 13.1 Å². The van der Waals surface area contributed by atoms with Gasteiger partial charge in [0.1, 0.15) is 12.5 Å². The average Bonchev–Trinajstić information content (AvgIpc) is 1.79. The fourth-order valence-corrected chi connectivity index (χ4v) is 0.562. The van der Waals surface area contributed by atoms with E-state index in [1.807, 2.05) is 0 Å². The van der Waals surface area contributed by atoms with Crippen molar-refractivity contribution in [2.75, 3.05) is 13.1 Å². The second kappa shape index (κ2) is 5.61. The van der Waals surface area contributed by atoms with Gasteiger partial charge in [0.15, 0.2) is 0 Å². The van der Waals surface area contributed by atoms with Gasteiger partial charge in [-0.15, -0.1) is 0 Å². The fourth-order valence-electron chi connectivity index (χ4n) is 0.562. The number of hydrogen-bond donors (Lipinski definition) is 4. The monoisotopic (exact) mass is 148 g/mol. The maximum Gasteiger partial charge on any atom is 0.102 e. The van der Waals surface area contributed by atoms with Crippen LogP contribution >= 0.6 is 0 Å². The zero-order valence-electron chi connectivity index (χ0n) is 6.46. The molecule has 0 aromatic rings. The van der Waals surface area contributed by atoms with Gasteiger partial charge in [0.05, 0.1) is 0 Å². The summed E-state index contributed by atoms with van der Waals surface area (Å²) < 4.78 is 0. The Kier molecular flexibility index (Phi) is 5.52. The summed E-state index contributed by atoms with van der Waals surface area (Å²) in [5.41, 5.74) is 0. The van der Waals surface area contributed by atoms with Crippen molar-refractivity contribution < 1.29 is 10.2 Å². The van der Waals surface area contributed by atoms with E-state index in [1.165, 1.54) is 0 Å². The lowest BCUT2D eigenvalue weighted by atomic mass is 10.5. The average molecular weight is 148 g/mol. The molecule has 0 aromatic carbocycles. The molecule has 2 unspecified atom stereocenters. The zero-order chi connectivity index (χ0) is 7.98. The molecule has 0 spiro atoms. The molecule has 0 aromatic heterocycles. The number of nitrogens with one attached hydrogen (secondary N) is 2. The molecule has 4 nitrogen and oxygen atoms in total. The smallest absolute Gasteiger partial charge is 0.102 e. The van der Waals surface area contributed by atoms with Crippen molar-refractivity contribution in [2.45, 2.75) is 26.3 Å². The Balaban J connectivity index is 2.91. The van der Waals surface area contributed by atoms with E-state index in [2.05, 4.69) is 10.6 Å². The largest absolute Gasteiger partial charge is 0.379 e. The van der Waals surface area contributed by atoms with Crippen LogP contribution in [0.4, 0.5) is 0 Å². The standard InChI is InChI=1S/C6H16N2O2/c1-5(9)7-3-4-8-6(2)10/h5-10H,3-4H2,1-2H3. The molecule has 0 aliphatic carbocycles. The molecule has 4 heteroatoms. The summed E-state index contributed by atoms with van der Waals surface area (Å²) in [6.45, 7) is 4.62. The summed E-state index contributed by atoms with van der Waals surface area (Å²) in [6.07, 6.45) is -0.952. The summed E-state index contributed by atoms with van der Waals surface area (Å²) in [4.78, 5) is 0. The quantitative estimate of drug-likeness (QED) is 0.293. The number of aliphatic hydroxyl groups excluding tert-OH is 2. The van der Waals surface area contributed by atoms with Gasteiger partial charge in [-0.3, -0.25) is 10.6 Å². The van der Waals surface area contributed by atoms with E-state index < -0.39 is 12.5 Å². The van der Waals surface area contributed by atoms with Crippen LogP contribution in [0.5, 0.6) is 0 Å². The van der Waals surface area contributed by atoms with Crippen LogP contribution in [0, 0.1) is 0 Å². The molecule has 0 saturated heterocycles. The molecule has 0 radical (unpaired) electrons. The zero-order valence-corrected chi connectivity index (χ0v) is 6.46. The third kappa shape index (κ3) is 7.84. The maximum atomic E-state index is 8.72. The Morgan fingerprint density at radius 1 is 1.00 bits per heavy atom. The van der Waals surface area contributed by atoms with Gasteiger partial charge in [0.25, 0.3) is 0 Å². The lowest BCUT2D eigenvalue weighted by Crippen LogP contribution is -2.36. The van der Waals surface area contributed by atoms with Gasteiger partial charge >= 0.3 is 0 Å². The minimum Gasteiger partial charge on any atom is -0.379 e. The Labute approximate surface area is 61.3 Å². The highest BCUT2D eigenvalue weighted by molar-refractivity contribution is 4.51. The molecule has 0 fully saturated rings. The summed E-state index contributed by atoms with van der Waals surface area (Å²) in [7, 11) is 0. The summed E-state index contributed by atoms with van der Waals surface area (Å²) >= 11 is 0. The Hall–Kier alpha value is -0.160. The van der Waals surface area contributed by atoms with E-state index in [-0.39, 0.29) is 0 Å². The predicted octanol–water partition coefficient (Wildman–Crippen LogP) is -1.16. The van der Waals surface area contributed by atoms with E-state index in [0.29, 0.717) is 13.1 Å². The van der Waals surface area contributed by atoms with E-state index in [1.54, 1.807) is 13.8 Å². The second-order valence-corrected chi connectivity index (χ2v) is 2.26. The van der Waals surface area contributed by atoms with E-state index in [0.717, 1.165) is 0 Å². The van der Waals surface area contributed by atoms with Crippen LogP contribution in [0.2, 0.25) is 0 Å². The summed E-state index contributed by atoms with van der Waals surface area (Å²) in [5.74, 6) is 0. The van der Waals surface area contributed by atoms with Crippen LogP contribution in [-0.4, -0.2) is 35.8 Å². The molecule has 0 bridgehead atoms. The van der Waals surface area contributed by atoms with Crippen LogP contribution in [0.15, 0.2) is 0 Å². The van der Waals surface area contributed by atoms with Gasteiger partial charge in [0.2, 0.25) is 0 Å². The number of hydrogen-bond acceptors (Lipinski definition) is 4. The Morgan fingerprint density at radius 2 is 1.30 bits per heavy atom. The van der Waals surface area contributed by atoms with Gasteiger partial charge in [-0.05, 0) is 13.8 Å². The van der Waals surface area contributed by atoms with Crippen LogP contribution in [0.3, 0.4) is 0 Å². The molecule has 0 heterocycles. The van der Waals surface area contributed by atoms with Crippen molar-refractivity contribution in [3.05, 3.63) is 0 Å². The van der Waals surface area contributed by atoms with Crippen LogP contribution in [-0.2, 0) is 0 Å². The highest BCUT2D eigenvalue weighted by Gasteiger charge is 1.94. The molecule has 0 rings (SSSR count). The lowest BCUT2D eigenvalue weighted by molar-refractivity contribution is 0.140. The summed E-state index contributed by atoms with van der Waals surface area (Å²) in [6, 6.07) is 0. The number of rotatable bonds is 5. The molecule has 2 atom stereocenters. The summed E-state index contributed by atoms with van der Waals surface area (Å²) in [5, 5.41) is 23.0. The Morgan fingerprint density at radius 3 is 1.50 bits per heavy atom. The minimum atomic E-state index is -0.476. The highest BCUT2D eigenvalue weighted by Crippen LogP contribution is 1.71.